The lowest BCUT2D eigenvalue weighted by Crippen LogP contribution is -2.09. The van der Waals surface area contributed by atoms with E-state index in [2.05, 4.69) is 0 Å². The molecule has 1 fully saturated rings. The van der Waals surface area contributed by atoms with E-state index in [9.17, 15) is 0 Å². The summed E-state index contributed by atoms with van der Waals surface area (Å²) in [6.07, 6.45) is 1.30. The van der Waals surface area contributed by atoms with E-state index in [0.717, 1.165) is 13.0 Å². The molecule has 0 N–H and O–H groups in total. The van der Waals surface area contributed by atoms with Gasteiger partial charge in [-0.05, 0) is 13.3 Å². The van der Waals surface area contributed by atoms with Crippen LogP contribution in [-0.4, -0.2) is 18.1 Å². The predicted octanol–water partition coefficient (Wildman–Crippen LogP) is 1.40. The Morgan fingerprint density at radius 1 is 1.71 bits per heavy atom. The molecule has 7 heavy (non-hydrogen) atoms. The highest BCUT2D eigenvalue weighted by molar-refractivity contribution is 6.21. The standard InChI is InChI=1S/C5H9ClO/c1-4-5(6)2-3-7-4/h4-5H,2-3H2,1H3/t4-,5+/m1/s1. The van der Waals surface area contributed by atoms with E-state index >= 15 is 0 Å². The SMILES string of the molecule is C[C@H]1OCC[C@@H]1Cl. The van der Waals surface area contributed by atoms with Crippen molar-refractivity contribution in [1.29, 1.82) is 0 Å². The molecule has 0 aromatic carbocycles. The van der Waals surface area contributed by atoms with Crippen LogP contribution in [0.15, 0.2) is 0 Å². The summed E-state index contributed by atoms with van der Waals surface area (Å²) in [5.74, 6) is 0. The molecule has 0 saturated carbocycles. The number of hydrogen-bond acceptors (Lipinski definition) is 1. The fraction of sp³-hybridized carbons (Fsp3) is 1.00. The summed E-state index contributed by atoms with van der Waals surface area (Å²) >= 11 is 5.74. The second-order valence-corrected chi connectivity index (χ2v) is 2.44. The number of rotatable bonds is 0. The number of halogens is 1. The summed E-state index contributed by atoms with van der Waals surface area (Å²) < 4.78 is 5.13. The highest BCUT2D eigenvalue weighted by Crippen LogP contribution is 2.17. The normalized spacial score (nSPS) is 42.0. The van der Waals surface area contributed by atoms with Gasteiger partial charge in [0.15, 0.2) is 0 Å². The van der Waals surface area contributed by atoms with Gasteiger partial charge in [-0.1, -0.05) is 0 Å². The Labute approximate surface area is 48.6 Å². The van der Waals surface area contributed by atoms with Crippen molar-refractivity contribution in [3.63, 3.8) is 0 Å². The second-order valence-electron chi connectivity index (χ2n) is 1.88. The first-order valence-corrected chi connectivity index (χ1v) is 3.00. The number of hydrogen-bond donors (Lipinski definition) is 0. The van der Waals surface area contributed by atoms with Crippen LogP contribution in [0.2, 0.25) is 0 Å². The van der Waals surface area contributed by atoms with Crippen LogP contribution in [0.1, 0.15) is 13.3 Å². The Hall–Kier alpha value is 0.250. The summed E-state index contributed by atoms with van der Waals surface area (Å²) in [5, 5.41) is 0.264. The molecule has 1 saturated heterocycles. The molecule has 0 aliphatic carbocycles. The van der Waals surface area contributed by atoms with Crippen LogP contribution in [0.5, 0.6) is 0 Å². The molecule has 1 aliphatic rings. The summed E-state index contributed by atoms with van der Waals surface area (Å²) in [6.45, 7) is 2.85. The molecular weight excluding hydrogens is 112 g/mol. The van der Waals surface area contributed by atoms with Gasteiger partial charge < -0.3 is 4.74 Å². The molecule has 0 radical (unpaired) electrons. The molecule has 0 aromatic rings. The molecule has 2 heteroatoms. The van der Waals surface area contributed by atoms with E-state index in [0.29, 0.717) is 0 Å². The van der Waals surface area contributed by atoms with E-state index < -0.39 is 0 Å². The molecule has 1 rings (SSSR count). The first-order valence-electron chi connectivity index (χ1n) is 2.56. The first-order chi connectivity index (χ1) is 3.30. The molecule has 1 heterocycles. The third-order valence-electron chi connectivity index (χ3n) is 1.28. The van der Waals surface area contributed by atoms with Gasteiger partial charge in [-0.2, -0.15) is 0 Å². The summed E-state index contributed by atoms with van der Waals surface area (Å²) in [4.78, 5) is 0. The fourth-order valence-electron chi connectivity index (χ4n) is 0.706. The highest BCUT2D eigenvalue weighted by atomic mass is 35.5. The van der Waals surface area contributed by atoms with Crippen molar-refractivity contribution in [2.45, 2.75) is 24.8 Å². The van der Waals surface area contributed by atoms with Gasteiger partial charge in [-0.15, -0.1) is 11.6 Å². The minimum atomic E-state index is 0.264. The lowest BCUT2D eigenvalue weighted by Gasteiger charge is -2.02. The molecule has 1 aliphatic heterocycles. The maximum atomic E-state index is 5.74. The van der Waals surface area contributed by atoms with Crippen LogP contribution in [0, 0.1) is 0 Å². The third-order valence-corrected chi connectivity index (χ3v) is 1.86. The lowest BCUT2D eigenvalue weighted by molar-refractivity contribution is 0.126. The molecule has 0 bridgehead atoms. The van der Waals surface area contributed by atoms with Crippen LogP contribution >= 0.6 is 11.6 Å². The van der Waals surface area contributed by atoms with Gasteiger partial charge in [0.2, 0.25) is 0 Å². The Kier molecular flexibility index (Phi) is 1.55. The minimum Gasteiger partial charge on any atom is -0.377 e. The average Bonchev–Trinajstić information content (AvgIpc) is 1.91. The molecule has 42 valence electrons. The Morgan fingerprint density at radius 3 is 2.57 bits per heavy atom. The summed E-state index contributed by atoms with van der Waals surface area (Å²) in [5.41, 5.74) is 0. The quantitative estimate of drug-likeness (QED) is 0.439. The molecule has 2 atom stereocenters. The molecule has 0 aromatic heterocycles. The monoisotopic (exact) mass is 120 g/mol. The summed E-state index contributed by atoms with van der Waals surface area (Å²) in [7, 11) is 0. The van der Waals surface area contributed by atoms with Crippen molar-refractivity contribution < 1.29 is 4.74 Å². The van der Waals surface area contributed by atoms with E-state index in [1.807, 2.05) is 6.92 Å². The van der Waals surface area contributed by atoms with Crippen molar-refractivity contribution in [3.8, 4) is 0 Å². The van der Waals surface area contributed by atoms with Crippen LogP contribution in [0.3, 0.4) is 0 Å². The Balaban J connectivity index is 2.33. The average molecular weight is 121 g/mol. The fourth-order valence-corrected chi connectivity index (χ4v) is 0.867. The lowest BCUT2D eigenvalue weighted by atomic mass is 10.3. The van der Waals surface area contributed by atoms with Crippen LogP contribution in [-0.2, 0) is 4.74 Å². The molecule has 0 amide bonds. The van der Waals surface area contributed by atoms with E-state index in [1.54, 1.807) is 0 Å². The van der Waals surface area contributed by atoms with Crippen LogP contribution in [0.25, 0.3) is 0 Å². The van der Waals surface area contributed by atoms with Gasteiger partial charge in [0, 0.05) is 6.61 Å². The van der Waals surface area contributed by atoms with Gasteiger partial charge in [0.1, 0.15) is 0 Å². The highest BCUT2D eigenvalue weighted by Gasteiger charge is 2.20. The number of alkyl halides is 1. The predicted molar refractivity (Wildman–Crippen MR) is 29.7 cm³/mol. The molecular formula is C5H9ClO. The largest absolute Gasteiger partial charge is 0.377 e. The third kappa shape index (κ3) is 1.07. The zero-order valence-corrected chi connectivity index (χ0v) is 5.11. The van der Waals surface area contributed by atoms with E-state index in [4.69, 9.17) is 16.3 Å². The minimum absolute atomic E-state index is 0.264. The van der Waals surface area contributed by atoms with Gasteiger partial charge in [-0.25, -0.2) is 0 Å². The van der Waals surface area contributed by atoms with Crippen molar-refractivity contribution >= 4 is 11.6 Å². The molecule has 0 spiro atoms. The molecule has 1 nitrogen and oxygen atoms in total. The van der Waals surface area contributed by atoms with Crippen molar-refractivity contribution in [1.82, 2.24) is 0 Å². The molecule has 0 unspecified atom stereocenters. The Morgan fingerprint density at radius 2 is 2.43 bits per heavy atom. The zero-order valence-electron chi connectivity index (χ0n) is 4.36. The topological polar surface area (TPSA) is 9.23 Å². The van der Waals surface area contributed by atoms with Gasteiger partial charge in [0.25, 0.3) is 0 Å². The van der Waals surface area contributed by atoms with Crippen LogP contribution < -0.4 is 0 Å². The van der Waals surface area contributed by atoms with Gasteiger partial charge in [0.05, 0.1) is 11.5 Å². The van der Waals surface area contributed by atoms with Crippen molar-refractivity contribution in [2.24, 2.45) is 0 Å². The van der Waals surface area contributed by atoms with Gasteiger partial charge >= 0.3 is 0 Å². The van der Waals surface area contributed by atoms with Crippen molar-refractivity contribution in [3.05, 3.63) is 0 Å². The van der Waals surface area contributed by atoms with Crippen LogP contribution in [0.4, 0.5) is 0 Å². The van der Waals surface area contributed by atoms with Gasteiger partial charge in [-0.3, -0.25) is 0 Å². The second kappa shape index (κ2) is 2.01. The Bertz CT molecular complexity index is 57.1. The van der Waals surface area contributed by atoms with E-state index in [-0.39, 0.29) is 11.5 Å². The zero-order chi connectivity index (χ0) is 5.28. The smallest absolute Gasteiger partial charge is 0.0711 e. The summed E-state index contributed by atoms with van der Waals surface area (Å²) in [6, 6.07) is 0. The first kappa shape index (κ1) is 5.39. The number of ether oxygens (including phenoxy) is 1. The van der Waals surface area contributed by atoms with E-state index in [1.165, 1.54) is 0 Å². The maximum Gasteiger partial charge on any atom is 0.0711 e. The van der Waals surface area contributed by atoms with Crippen molar-refractivity contribution in [2.75, 3.05) is 6.61 Å². The maximum absolute atomic E-state index is 5.74.